The molecule has 0 bridgehead atoms. The van der Waals surface area contributed by atoms with Gasteiger partial charge in [-0.1, -0.05) is 35.3 Å². The molecule has 10 heteroatoms. The molecule has 0 radical (unpaired) electrons. The highest BCUT2D eigenvalue weighted by molar-refractivity contribution is 7.13. The Labute approximate surface area is 197 Å². The molecule has 0 saturated carbocycles. The van der Waals surface area contributed by atoms with Gasteiger partial charge in [0.25, 0.3) is 5.91 Å². The third-order valence-corrected chi connectivity index (χ3v) is 6.62. The normalized spacial score (nSPS) is 15.3. The largest absolute Gasteiger partial charge is 0.328 e. The minimum Gasteiger partial charge on any atom is -0.328 e. The first-order valence-electron chi connectivity index (χ1n) is 9.66. The molecule has 2 N–H and O–H groups in total. The second kappa shape index (κ2) is 8.38. The fourth-order valence-corrected chi connectivity index (χ4v) is 4.54. The van der Waals surface area contributed by atoms with Crippen molar-refractivity contribution in [2.24, 2.45) is 0 Å². The fraction of sp³-hybridized carbons (Fsp3) is 0.0909. The summed E-state index contributed by atoms with van der Waals surface area (Å²) in [5, 5.41) is 13.7. The predicted molar refractivity (Wildman–Crippen MR) is 127 cm³/mol. The zero-order valence-corrected chi connectivity index (χ0v) is 19.0. The summed E-state index contributed by atoms with van der Waals surface area (Å²) in [5.41, 5.74) is 2.51. The highest BCUT2D eigenvalue weighted by Crippen LogP contribution is 2.39. The van der Waals surface area contributed by atoms with Crippen LogP contribution >= 0.6 is 34.5 Å². The lowest BCUT2D eigenvalue weighted by Gasteiger charge is -2.28. The van der Waals surface area contributed by atoms with Crippen LogP contribution in [0.3, 0.4) is 0 Å². The number of halogens is 2. The van der Waals surface area contributed by atoms with Crippen LogP contribution in [0.2, 0.25) is 10.0 Å². The second-order valence-electron chi connectivity index (χ2n) is 7.12. The average molecular weight is 483 g/mol. The number of carbonyl (C=O) groups excluding carboxylic acids is 1. The number of hydrogen-bond donors (Lipinski definition) is 2. The van der Waals surface area contributed by atoms with Gasteiger partial charge in [-0.2, -0.15) is 4.98 Å². The maximum Gasteiger partial charge on any atom is 0.255 e. The minimum absolute atomic E-state index is 0.280. The molecule has 4 aromatic rings. The molecule has 5 rings (SSSR count). The lowest BCUT2D eigenvalue weighted by atomic mass is 9.95. The zero-order chi connectivity index (χ0) is 22.2. The minimum atomic E-state index is -0.557. The maximum atomic E-state index is 13.4. The molecule has 3 aromatic heterocycles. The Morgan fingerprint density at radius 3 is 2.78 bits per heavy atom. The van der Waals surface area contributed by atoms with Crippen molar-refractivity contribution in [1.29, 1.82) is 0 Å². The van der Waals surface area contributed by atoms with E-state index >= 15 is 0 Å². The van der Waals surface area contributed by atoms with Crippen molar-refractivity contribution >= 4 is 52.1 Å². The summed E-state index contributed by atoms with van der Waals surface area (Å²) >= 11 is 14.0. The number of allylic oxidation sites excluding steroid dienone is 1. The van der Waals surface area contributed by atoms with E-state index in [0.29, 0.717) is 38.8 Å². The SMILES string of the molecule is CC1=C(C(=O)Nc2cccnc2)[C@@H](c2ccc(Cl)c(Cl)c2)n2nc(-c3cccs3)nc2N1. The molecule has 0 spiro atoms. The number of thiophene rings is 1. The van der Waals surface area contributed by atoms with Crippen LogP contribution < -0.4 is 10.6 Å². The Balaban J connectivity index is 1.63. The van der Waals surface area contributed by atoms with Gasteiger partial charge >= 0.3 is 0 Å². The summed E-state index contributed by atoms with van der Waals surface area (Å²) in [6.45, 7) is 1.84. The first kappa shape index (κ1) is 20.7. The molecule has 0 aliphatic carbocycles. The van der Waals surface area contributed by atoms with Crippen molar-refractivity contribution in [2.45, 2.75) is 13.0 Å². The quantitative estimate of drug-likeness (QED) is 0.393. The predicted octanol–water partition coefficient (Wildman–Crippen LogP) is 5.64. The molecular weight excluding hydrogens is 467 g/mol. The van der Waals surface area contributed by atoms with Gasteiger partial charge < -0.3 is 10.6 Å². The van der Waals surface area contributed by atoms with Crippen molar-refractivity contribution in [3.05, 3.63) is 87.1 Å². The van der Waals surface area contributed by atoms with E-state index in [1.807, 2.05) is 30.5 Å². The molecule has 32 heavy (non-hydrogen) atoms. The van der Waals surface area contributed by atoms with E-state index < -0.39 is 6.04 Å². The first-order chi connectivity index (χ1) is 15.5. The smallest absolute Gasteiger partial charge is 0.255 e. The van der Waals surface area contributed by atoms with Crippen LogP contribution in [0.1, 0.15) is 18.5 Å². The van der Waals surface area contributed by atoms with Gasteiger partial charge in [0.1, 0.15) is 6.04 Å². The Kier molecular flexibility index (Phi) is 5.42. The van der Waals surface area contributed by atoms with Crippen LogP contribution in [0.15, 0.2) is 71.5 Å². The van der Waals surface area contributed by atoms with Gasteiger partial charge in [-0.3, -0.25) is 9.78 Å². The molecule has 7 nitrogen and oxygen atoms in total. The van der Waals surface area contributed by atoms with Gasteiger partial charge in [-0.15, -0.1) is 16.4 Å². The van der Waals surface area contributed by atoms with Crippen molar-refractivity contribution in [3.8, 4) is 10.7 Å². The Bertz CT molecular complexity index is 1330. The number of aromatic nitrogens is 4. The highest BCUT2D eigenvalue weighted by Gasteiger charge is 2.35. The van der Waals surface area contributed by atoms with Crippen LogP contribution in [0.4, 0.5) is 11.6 Å². The van der Waals surface area contributed by atoms with Gasteiger partial charge in [-0.05, 0) is 48.2 Å². The molecule has 1 aliphatic heterocycles. The number of anilines is 2. The van der Waals surface area contributed by atoms with Crippen molar-refractivity contribution in [1.82, 2.24) is 19.7 Å². The number of nitrogens with one attached hydrogen (secondary N) is 2. The van der Waals surface area contributed by atoms with Crippen LogP contribution in [-0.4, -0.2) is 25.7 Å². The van der Waals surface area contributed by atoms with E-state index in [4.69, 9.17) is 28.3 Å². The van der Waals surface area contributed by atoms with Crippen LogP contribution in [-0.2, 0) is 4.79 Å². The molecule has 1 atom stereocenters. The highest BCUT2D eigenvalue weighted by atomic mass is 35.5. The lowest BCUT2D eigenvalue weighted by molar-refractivity contribution is -0.113. The van der Waals surface area contributed by atoms with Crippen molar-refractivity contribution < 1.29 is 4.79 Å². The first-order valence-corrected chi connectivity index (χ1v) is 11.3. The van der Waals surface area contributed by atoms with Gasteiger partial charge in [0.15, 0.2) is 5.82 Å². The summed E-state index contributed by atoms with van der Waals surface area (Å²) in [7, 11) is 0. The average Bonchev–Trinajstić information content (AvgIpc) is 3.45. The third-order valence-electron chi connectivity index (χ3n) is 5.02. The van der Waals surface area contributed by atoms with E-state index in [-0.39, 0.29) is 5.91 Å². The molecule has 0 unspecified atom stereocenters. The summed E-state index contributed by atoms with van der Waals surface area (Å²) in [5.74, 6) is 0.840. The molecule has 1 amide bonds. The van der Waals surface area contributed by atoms with E-state index in [2.05, 4.69) is 20.6 Å². The van der Waals surface area contributed by atoms with E-state index in [0.717, 1.165) is 10.4 Å². The molecule has 160 valence electrons. The number of nitrogens with zero attached hydrogens (tertiary/aromatic N) is 4. The van der Waals surface area contributed by atoms with Gasteiger partial charge in [0, 0.05) is 11.9 Å². The molecule has 4 heterocycles. The van der Waals surface area contributed by atoms with Crippen LogP contribution in [0.25, 0.3) is 10.7 Å². The summed E-state index contributed by atoms with van der Waals surface area (Å²) in [4.78, 5) is 23.1. The monoisotopic (exact) mass is 482 g/mol. The number of carbonyl (C=O) groups is 1. The number of pyridine rings is 1. The molecular formula is C22H16Cl2N6OS. The standard InChI is InChI=1S/C22H16Cl2N6OS/c1-12-18(21(31)27-14-4-2-8-25-11-14)19(13-6-7-15(23)16(24)10-13)30-22(26-12)28-20(29-30)17-5-3-9-32-17/h2-11,19H,1H3,(H,27,31)(H,26,28,29)/t19-/m1/s1. The fourth-order valence-electron chi connectivity index (χ4n) is 3.58. The van der Waals surface area contributed by atoms with E-state index in [1.165, 1.54) is 0 Å². The number of benzene rings is 1. The summed E-state index contributed by atoms with van der Waals surface area (Å²) in [6, 6.07) is 12.2. The number of fused-ring (bicyclic) bond motifs is 1. The van der Waals surface area contributed by atoms with Gasteiger partial charge in [-0.25, -0.2) is 4.68 Å². The van der Waals surface area contributed by atoms with Crippen molar-refractivity contribution in [2.75, 3.05) is 10.6 Å². The Morgan fingerprint density at radius 2 is 2.06 bits per heavy atom. The molecule has 1 aromatic carbocycles. The van der Waals surface area contributed by atoms with E-state index in [1.54, 1.807) is 52.7 Å². The third kappa shape index (κ3) is 3.77. The Morgan fingerprint density at radius 1 is 1.19 bits per heavy atom. The summed E-state index contributed by atoms with van der Waals surface area (Å²) in [6.07, 6.45) is 3.24. The maximum absolute atomic E-state index is 13.4. The van der Waals surface area contributed by atoms with Crippen molar-refractivity contribution in [3.63, 3.8) is 0 Å². The van der Waals surface area contributed by atoms with Crippen LogP contribution in [0, 0.1) is 0 Å². The second-order valence-corrected chi connectivity index (χ2v) is 8.88. The van der Waals surface area contributed by atoms with E-state index in [9.17, 15) is 4.79 Å². The lowest BCUT2D eigenvalue weighted by Crippen LogP contribution is -2.31. The number of amides is 1. The number of hydrogen-bond acceptors (Lipinski definition) is 6. The van der Waals surface area contributed by atoms with Crippen LogP contribution in [0.5, 0.6) is 0 Å². The number of rotatable bonds is 4. The molecule has 1 aliphatic rings. The zero-order valence-electron chi connectivity index (χ0n) is 16.7. The molecule has 0 fully saturated rings. The molecule has 0 saturated heterocycles. The summed E-state index contributed by atoms with van der Waals surface area (Å²) < 4.78 is 1.71. The van der Waals surface area contributed by atoms with Gasteiger partial charge in [0.05, 0.1) is 32.4 Å². The topological polar surface area (TPSA) is 84.7 Å². The Hall–Kier alpha value is -3.20. The van der Waals surface area contributed by atoms with Gasteiger partial charge in [0.2, 0.25) is 5.95 Å².